The smallest absolute Gasteiger partial charge is 0.255 e. The van der Waals surface area contributed by atoms with Crippen molar-refractivity contribution in [2.24, 2.45) is 0 Å². The van der Waals surface area contributed by atoms with Crippen molar-refractivity contribution in [2.75, 3.05) is 30.0 Å². The second kappa shape index (κ2) is 9.95. The number of carbonyl (C=O) groups is 2. The van der Waals surface area contributed by atoms with Crippen molar-refractivity contribution < 1.29 is 18.0 Å². The first-order valence-corrected chi connectivity index (χ1v) is 13.3. The van der Waals surface area contributed by atoms with Crippen LogP contribution in [0, 0.1) is 11.3 Å². The van der Waals surface area contributed by atoms with Crippen LogP contribution in [0.4, 0.5) is 5.69 Å². The lowest BCUT2D eigenvalue weighted by atomic mass is 10.1. The minimum Gasteiger partial charge on any atom is -0.324 e. The van der Waals surface area contributed by atoms with Crippen LogP contribution in [0.5, 0.6) is 0 Å². The van der Waals surface area contributed by atoms with Crippen molar-refractivity contribution in [1.82, 2.24) is 9.21 Å². The molecule has 2 fully saturated rings. The van der Waals surface area contributed by atoms with Crippen molar-refractivity contribution in [2.45, 2.75) is 30.2 Å². The number of amides is 2. The highest BCUT2D eigenvalue weighted by Crippen LogP contribution is 2.26. The summed E-state index contributed by atoms with van der Waals surface area (Å²) in [6, 6.07) is 13.9. The average molecular weight is 485 g/mol. The number of nitriles is 1. The standard InChI is InChI=1S/C23H24N4O4S2/c24-14-17-7-9-19(10-8-17)25-22(28)21-15-32-16-27(21)23(29)18-5-4-6-20(13-18)33(30,31)26-11-2-1-3-12-26/h4-10,13,21H,1-3,11-12,15-16H2,(H,25,28). The van der Waals surface area contributed by atoms with Crippen LogP contribution in [-0.2, 0) is 14.8 Å². The van der Waals surface area contributed by atoms with Gasteiger partial charge in [-0.1, -0.05) is 12.5 Å². The molecule has 0 radical (unpaired) electrons. The van der Waals surface area contributed by atoms with E-state index < -0.39 is 16.1 Å². The molecule has 10 heteroatoms. The Balaban J connectivity index is 1.50. The van der Waals surface area contributed by atoms with E-state index in [0.29, 0.717) is 36.0 Å². The number of anilines is 1. The third-order valence-electron chi connectivity index (χ3n) is 5.76. The van der Waals surface area contributed by atoms with Crippen LogP contribution >= 0.6 is 11.8 Å². The molecule has 2 aliphatic heterocycles. The molecule has 0 bridgehead atoms. The second-order valence-electron chi connectivity index (χ2n) is 7.96. The Labute approximate surface area is 197 Å². The van der Waals surface area contributed by atoms with Gasteiger partial charge in [-0.2, -0.15) is 9.57 Å². The molecule has 33 heavy (non-hydrogen) atoms. The molecule has 2 heterocycles. The van der Waals surface area contributed by atoms with E-state index in [1.807, 2.05) is 6.07 Å². The summed E-state index contributed by atoms with van der Waals surface area (Å²) in [4.78, 5) is 27.7. The normalized spacial score (nSPS) is 19.1. The molecule has 0 aliphatic carbocycles. The monoisotopic (exact) mass is 484 g/mol. The van der Waals surface area contributed by atoms with Gasteiger partial charge in [-0.15, -0.1) is 11.8 Å². The van der Waals surface area contributed by atoms with E-state index in [-0.39, 0.29) is 22.3 Å². The molecule has 2 amide bonds. The Kier molecular flexibility index (Phi) is 7.02. The second-order valence-corrected chi connectivity index (χ2v) is 10.9. The molecule has 0 aromatic heterocycles. The lowest BCUT2D eigenvalue weighted by molar-refractivity contribution is -0.119. The van der Waals surface area contributed by atoms with Gasteiger partial charge in [0.1, 0.15) is 6.04 Å². The van der Waals surface area contributed by atoms with Crippen LogP contribution in [0.1, 0.15) is 35.2 Å². The summed E-state index contributed by atoms with van der Waals surface area (Å²) in [7, 11) is -3.66. The van der Waals surface area contributed by atoms with Crippen LogP contribution < -0.4 is 5.32 Å². The van der Waals surface area contributed by atoms with Crippen molar-refractivity contribution in [1.29, 1.82) is 5.26 Å². The van der Waals surface area contributed by atoms with Gasteiger partial charge in [-0.3, -0.25) is 9.59 Å². The summed E-state index contributed by atoms with van der Waals surface area (Å²) in [5.74, 6) is 0.0818. The summed E-state index contributed by atoms with van der Waals surface area (Å²) in [6.07, 6.45) is 2.68. The topological polar surface area (TPSA) is 111 Å². The molecule has 8 nitrogen and oxygen atoms in total. The van der Waals surface area contributed by atoms with E-state index in [1.165, 1.54) is 33.1 Å². The Bertz CT molecular complexity index is 1190. The highest BCUT2D eigenvalue weighted by atomic mass is 32.2. The number of carbonyl (C=O) groups excluding carboxylic acids is 2. The van der Waals surface area contributed by atoms with Gasteiger partial charge >= 0.3 is 0 Å². The van der Waals surface area contributed by atoms with E-state index in [0.717, 1.165) is 19.3 Å². The number of hydrogen-bond acceptors (Lipinski definition) is 6. The highest BCUT2D eigenvalue weighted by Gasteiger charge is 2.36. The fourth-order valence-electron chi connectivity index (χ4n) is 3.92. The Morgan fingerprint density at radius 3 is 2.48 bits per heavy atom. The van der Waals surface area contributed by atoms with E-state index in [4.69, 9.17) is 5.26 Å². The number of benzene rings is 2. The molecule has 1 atom stereocenters. The Morgan fingerprint density at radius 2 is 1.79 bits per heavy atom. The van der Waals surface area contributed by atoms with E-state index >= 15 is 0 Å². The van der Waals surface area contributed by atoms with Gasteiger partial charge in [-0.05, 0) is 55.3 Å². The molecule has 2 aromatic carbocycles. The molecule has 1 unspecified atom stereocenters. The van der Waals surface area contributed by atoms with Gasteiger partial charge in [-0.25, -0.2) is 8.42 Å². The zero-order chi connectivity index (χ0) is 23.4. The van der Waals surface area contributed by atoms with Crippen LogP contribution in [0.25, 0.3) is 0 Å². The maximum Gasteiger partial charge on any atom is 0.255 e. The van der Waals surface area contributed by atoms with E-state index in [2.05, 4.69) is 5.32 Å². The van der Waals surface area contributed by atoms with Crippen molar-refractivity contribution in [3.05, 3.63) is 59.7 Å². The molecule has 4 rings (SSSR count). The predicted octanol–water partition coefficient (Wildman–Crippen LogP) is 2.89. The maximum atomic E-state index is 13.2. The zero-order valence-corrected chi connectivity index (χ0v) is 19.6. The summed E-state index contributed by atoms with van der Waals surface area (Å²) in [6.45, 7) is 0.974. The third kappa shape index (κ3) is 5.05. The first-order chi connectivity index (χ1) is 15.9. The van der Waals surface area contributed by atoms with Gasteiger partial charge in [0.25, 0.3) is 5.91 Å². The van der Waals surface area contributed by atoms with E-state index in [9.17, 15) is 18.0 Å². The van der Waals surface area contributed by atoms with E-state index in [1.54, 1.807) is 36.4 Å². The van der Waals surface area contributed by atoms with Crippen LogP contribution in [0.2, 0.25) is 0 Å². The summed E-state index contributed by atoms with van der Waals surface area (Å²) in [5.41, 5.74) is 1.27. The number of hydrogen-bond donors (Lipinski definition) is 1. The van der Waals surface area contributed by atoms with Gasteiger partial charge in [0.15, 0.2) is 0 Å². The molecule has 0 saturated carbocycles. The third-order valence-corrected chi connectivity index (χ3v) is 8.67. The largest absolute Gasteiger partial charge is 0.324 e. The zero-order valence-electron chi connectivity index (χ0n) is 17.9. The summed E-state index contributed by atoms with van der Waals surface area (Å²) < 4.78 is 27.5. The summed E-state index contributed by atoms with van der Waals surface area (Å²) >= 11 is 1.47. The number of piperidine rings is 1. The van der Waals surface area contributed by atoms with Crippen LogP contribution in [-0.4, -0.2) is 60.2 Å². The summed E-state index contributed by atoms with van der Waals surface area (Å²) in [5, 5.41) is 11.7. The number of rotatable bonds is 5. The van der Waals surface area contributed by atoms with Crippen molar-refractivity contribution >= 4 is 39.3 Å². The molecule has 172 valence electrons. The molecular formula is C23H24N4O4S2. The Hall–Kier alpha value is -2.87. The molecule has 1 N–H and O–H groups in total. The fraction of sp³-hybridized carbons (Fsp3) is 0.348. The first kappa shape index (κ1) is 23.3. The lowest BCUT2D eigenvalue weighted by Gasteiger charge is -2.26. The fourth-order valence-corrected chi connectivity index (χ4v) is 6.64. The van der Waals surface area contributed by atoms with Gasteiger partial charge < -0.3 is 10.2 Å². The molecular weight excluding hydrogens is 460 g/mol. The van der Waals surface area contributed by atoms with Crippen molar-refractivity contribution in [3.8, 4) is 6.07 Å². The SMILES string of the molecule is N#Cc1ccc(NC(=O)C2CSCN2C(=O)c2cccc(S(=O)(=O)N3CCCCC3)c2)cc1. The lowest BCUT2D eigenvalue weighted by Crippen LogP contribution is -2.44. The maximum absolute atomic E-state index is 13.2. The minimum absolute atomic E-state index is 0.0979. The minimum atomic E-state index is -3.66. The molecule has 0 spiro atoms. The van der Waals surface area contributed by atoms with Gasteiger partial charge in [0.2, 0.25) is 15.9 Å². The quantitative estimate of drug-likeness (QED) is 0.699. The number of sulfonamides is 1. The van der Waals surface area contributed by atoms with Crippen LogP contribution in [0.15, 0.2) is 53.4 Å². The van der Waals surface area contributed by atoms with Gasteiger partial charge in [0.05, 0.1) is 22.4 Å². The van der Waals surface area contributed by atoms with Crippen LogP contribution in [0.3, 0.4) is 0 Å². The van der Waals surface area contributed by atoms with Gasteiger partial charge in [0, 0.05) is 30.1 Å². The highest BCUT2D eigenvalue weighted by molar-refractivity contribution is 7.99. The predicted molar refractivity (Wildman–Crippen MR) is 126 cm³/mol. The first-order valence-electron chi connectivity index (χ1n) is 10.7. The number of thioether (sulfide) groups is 1. The number of nitrogens with zero attached hydrogens (tertiary/aromatic N) is 3. The van der Waals surface area contributed by atoms with Crippen molar-refractivity contribution in [3.63, 3.8) is 0 Å². The molecule has 2 aromatic rings. The molecule has 2 saturated heterocycles. The Morgan fingerprint density at radius 1 is 1.06 bits per heavy atom. The number of nitrogens with one attached hydrogen (secondary N) is 1. The molecule has 2 aliphatic rings. The average Bonchev–Trinajstić information content (AvgIpc) is 3.35.